The van der Waals surface area contributed by atoms with Gasteiger partial charge < -0.3 is 9.84 Å². The molecule has 0 radical (unpaired) electrons. The third-order valence-electron chi connectivity index (χ3n) is 3.88. The number of hydrogen-bond acceptors (Lipinski definition) is 4. The largest absolute Gasteiger partial charge is 0.506 e. The van der Waals surface area contributed by atoms with Crippen molar-refractivity contribution in [2.45, 2.75) is 26.2 Å². The first kappa shape index (κ1) is 20.5. The standard InChI is InChI=1S/C19H20Br2N2O3/c1-3-12(2)13-4-6-16(7-5-13)26-11-18(24)23-22-10-14-8-15(20)9-17(21)19(14)25/h4-10,12,25H,3,11H2,1-2H3,(H,23,24)/b22-10+/t12-/m0/s1. The van der Waals surface area contributed by atoms with Gasteiger partial charge in [-0.3, -0.25) is 4.79 Å². The molecule has 138 valence electrons. The first-order chi connectivity index (χ1) is 12.4. The molecule has 0 saturated heterocycles. The fraction of sp³-hybridized carbons (Fsp3) is 0.263. The van der Waals surface area contributed by atoms with E-state index in [2.05, 4.69) is 56.2 Å². The molecule has 1 atom stereocenters. The van der Waals surface area contributed by atoms with Gasteiger partial charge in [-0.25, -0.2) is 5.43 Å². The summed E-state index contributed by atoms with van der Waals surface area (Å²) in [6, 6.07) is 11.1. The first-order valence-electron chi connectivity index (χ1n) is 8.13. The molecule has 0 aromatic heterocycles. The Morgan fingerprint density at radius 3 is 2.65 bits per heavy atom. The molecule has 2 N–H and O–H groups in total. The maximum Gasteiger partial charge on any atom is 0.277 e. The van der Waals surface area contributed by atoms with Crippen LogP contribution in [0.2, 0.25) is 0 Å². The molecular weight excluding hydrogens is 464 g/mol. The summed E-state index contributed by atoms with van der Waals surface area (Å²) >= 11 is 6.56. The Labute approximate surface area is 169 Å². The fourth-order valence-electron chi connectivity index (χ4n) is 2.17. The maximum absolute atomic E-state index is 11.8. The molecule has 0 fully saturated rings. The first-order valence-corrected chi connectivity index (χ1v) is 9.72. The molecule has 0 spiro atoms. The van der Waals surface area contributed by atoms with E-state index < -0.39 is 0 Å². The number of ether oxygens (including phenoxy) is 1. The molecule has 0 aliphatic heterocycles. The molecule has 5 nitrogen and oxygen atoms in total. The van der Waals surface area contributed by atoms with Crippen molar-refractivity contribution in [3.63, 3.8) is 0 Å². The van der Waals surface area contributed by atoms with E-state index in [1.54, 1.807) is 12.1 Å². The number of amides is 1. The molecule has 0 saturated carbocycles. The number of hydrogen-bond donors (Lipinski definition) is 2. The summed E-state index contributed by atoms with van der Waals surface area (Å²) in [6.07, 6.45) is 2.44. The van der Waals surface area contributed by atoms with Crippen molar-refractivity contribution in [1.29, 1.82) is 0 Å². The van der Waals surface area contributed by atoms with Crippen LogP contribution < -0.4 is 10.2 Å². The Kier molecular flexibility index (Phi) is 7.66. The van der Waals surface area contributed by atoms with Crippen molar-refractivity contribution in [2.75, 3.05) is 6.61 Å². The molecule has 0 heterocycles. The molecule has 0 aliphatic rings. The molecular formula is C19H20Br2N2O3. The van der Waals surface area contributed by atoms with E-state index in [0.717, 1.165) is 10.9 Å². The number of nitrogens with zero attached hydrogens (tertiary/aromatic N) is 1. The summed E-state index contributed by atoms with van der Waals surface area (Å²) in [5.41, 5.74) is 4.08. The van der Waals surface area contributed by atoms with Crippen LogP contribution in [0, 0.1) is 0 Å². The second-order valence-electron chi connectivity index (χ2n) is 5.79. The second kappa shape index (κ2) is 9.73. The number of hydrazone groups is 1. The summed E-state index contributed by atoms with van der Waals surface area (Å²) in [6.45, 7) is 4.17. The predicted molar refractivity (Wildman–Crippen MR) is 110 cm³/mol. The molecule has 26 heavy (non-hydrogen) atoms. The highest BCUT2D eigenvalue weighted by Crippen LogP contribution is 2.30. The number of halogens is 2. The summed E-state index contributed by atoms with van der Waals surface area (Å²) in [5.74, 6) is 0.783. The van der Waals surface area contributed by atoms with Crippen LogP contribution in [0.15, 0.2) is 50.4 Å². The second-order valence-corrected chi connectivity index (χ2v) is 7.56. The zero-order valence-electron chi connectivity index (χ0n) is 14.5. The van der Waals surface area contributed by atoms with Crippen molar-refractivity contribution in [3.8, 4) is 11.5 Å². The SMILES string of the molecule is CC[C@H](C)c1ccc(OCC(=O)N/N=C/c2cc(Br)cc(Br)c2O)cc1. The molecule has 0 unspecified atom stereocenters. The number of carbonyl (C=O) groups is 1. The van der Waals surface area contributed by atoms with Crippen LogP contribution in [0.5, 0.6) is 11.5 Å². The predicted octanol–water partition coefficient (Wildman–Crippen LogP) is 4.96. The average Bonchev–Trinajstić information content (AvgIpc) is 2.63. The van der Waals surface area contributed by atoms with Gasteiger partial charge in [0, 0.05) is 10.0 Å². The minimum atomic E-state index is -0.388. The van der Waals surface area contributed by atoms with Crippen molar-refractivity contribution >= 4 is 44.0 Å². The number of benzene rings is 2. The van der Waals surface area contributed by atoms with Gasteiger partial charge >= 0.3 is 0 Å². The van der Waals surface area contributed by atoms with Crippen LogP contribution in [0.4, 0.5) is 0 Å². The average molecular weight is 484 g/mol. The van der Waals surface area contributed by atoms with E-state index in [9.17, 15) is 9.90 Å². The lowest BCUT2D eigenvalue weighted by atomic mass is 9.99. The quantitative estimate of drug-likeness (QED) is 0.431. The number of phenolic OH excluding ortho intramolecular Hbond substituents is 1. The molecule has 0 bridgehead atoms. The molecule has 7 heteroatoms. The molecule has 2 aromatic carbocycles. The lowest BCUT2D eigenvalue weighted by Crippen LogP contribution is -2.24. The van der Waals surface area contributed by atoms with Gasteiger partial charge in [0.1, 0.15) is 11.5 Å². The highest BCUT2D eigenvalue weighted by molar-refractivity contribution is 9.11. The number of nitrogens with one attached hydrogen (secondary N) is 1. The fourth-order valence-corrected chi connectivity index (χ4v) is 3.43. The molecule has 0 aliphatic carbocycles. The van der Waals surface area contributed by atoms with Gasteiger partial charge in [-0.05, 0) is 58.1 Å². The third-order valence-corrected chi connectivity index (χ3v) is 4.94. The van der Waals surface area contributed by atoms with Crippen molar-refractivity contribution in [3.05, 3.63) is 56.5 Å². The normalized spacial score (nSPS) is 12.2. The Balaban J connectivity index is 1.86. The van der Waals surface area contributed by atoms with Gasteiger partial charge in [0.2, 0.25) is 0 Å². The zero-order chi connectivity index (χ0) is 19.1. The zero-order valence-corrected chi connectivity index (χ0v) is 17.7. The van der Waals surface area contributed by atoms with Crippen molar-refractivity contribution in [1.82, 2.24) is 5.43 Å². The van der Waals surface area contributed by atoms with Crippen molar-refractivity contribution in [2.24, 2.45) is 5.10 Å². The Morgan fingerprint density at radius 1 is 1.31 bits per heavy atom. The van der Waals surface area contributed by atoms with E-state index in [-0.39, 0.29) is 18.3 Å². The van der Waals surface area contributed by atoms with Crippen LogP contribution in [0.3, 0.4) is 0 Å². The number of rotatable bonds is 7. The lowest BCUT2D eigenvalue weighted by molar-refractivity contribution is -0.123. The van der Waals surface area contributed by atoms with Gasteiger partial charge in [-0.15, -0.1) is 0 Å². The lowest BCUT2D eigenvalue weighted by Gasteiger charge is -2.10. The monoisotopic (exact) mass is 482 g/mol. The third kappa shape index (κ3) is 5.85. The summed E-state index contributed by atoms with van der Waals surface area (Å²) in [7, 11) is 0. The van der Waals surface area contributed by atoms with E-state index in [4.69, 9.17) is 4.74 Å². The number of aromatic hydroxyl groups is 1. The van der Waals surface area contributed by atoms with E-state index >= 15 is 0 Å². The van der Waals surface area contributed by atoms with Gasteiger partial charge in [-0.2, -0.15) is 5.10 Å². The Morgan fingerprint density at radius 2 is 2.00 bits per heavy atom. The van der Waals surface area contributed by atoms with Gasteiger partial charge in [0.15, 0.2) is 6.61 Å². The number of carbonyl (C=O) groups excluding carboxylic acids is 1. The van der Waals surface area contributed by atoms with Gasteiger partial charge in [0.05, 0.1) is 10.7 Å². The summed E-state index contributed by atoms with van der Waals surface area (Å²) in [5, 5.41) is 13.8. The van der Waals surface area contributed by atoms with E-state index in [0.29, 0.717) is 21.7 Å². The van der Waals surface area contributed by atoms with E-state index in [1.165, 1.54) is 11.8 Å². The molecule has 1 amide bonds. The van der Waals surface area contributed by atoms with Gasteiger partial charge in [0.25, 0.3) is 5.91 Å². The smallest absolute Gasteiger partial charge is 0.277 e. The number of phenols is 1. The topological polar surface area (TPSA) is 70.9 Å². The molecule has 2 aromatic rings. The highest BCUT2D eigenvalue weighted by atomic mass is 79.9. The van der Waals surface area contributed by atoms with Crippen LogP contribution in [-0.2, 0) is 4.79 Å². The summed E-state index contributed by atoms with van der Waals surface area (Å²) < 4.78 is 6.76. The Hall–Kier alpha value is -1.86. The summed E-state index contributed by atoms with van der Waals surface area (Å²) in [4.78, 5) is 11.8. The minimum absolute atomic E-state index is 0.0452. The van der Waals surface area contributed by atoms with Crippen LogP contribution in [0.25, 0.3) is 0 Å². The molecule has 2 rings (SSSR count). The Bertz CT molecular complexity index is 792. The minimum Gasteiger partial charge on any atom is -0.506 e. The van der Waals surface area contributed by atoms with Crippen LogP contribution in [-0.4, -0.2) is 23.8 Å². The van der Waals surface area contributed by atoms with Crippen LogP contribution >= 0.6 is 31.9 Å². The van der Waals surface area contributed by atoms with E-state index in [1.807, 2.05) is 24.3 Å². The maximum atomic E-state index is 11.8. The van der Waals surface area contributed by atoms with Crippen LogP contribution in [0.1, 0.15) is 37.3 Å². The van der Waals surface area contributed by atoms with Gasteiger partial charge in [-0.1, -0.05) is 41.9 Å². The highest BCUT2D eigenvalue weighted by Gasteiger charge is 2.07. The van der Waals surface area contributed by atoms with Crippen molar-refractivity contribution < 1.29 is 14.6 Å².